The second kappa shape index (κ2) is 3.95. The van der Waals surface area contributed by atoms with E-state index in [-0.39, 0.29) is 0 Å². The van der Waals surface area contributed by atoms with Gasteiger partial charge in [-0.3, -0.25) is 4.79 Å². The number of imidazole rings is 1. The Labute approximate surface area is 83.9 Å². The van der Waals surface area contributed by atoms with E-state index in [4.69, 9.17) is 0 Å². The van der Waals surface area contributed by atoms with Crippen molar-refractivity contribution in [2.45, 2.75) is 38.5 Å². The van der Waals surface area contributed by atoms with Crippen molar-refractivity contribution in [2.75, 3.05) is 0 Å². The largest absolute Gasteiger partial charge is 0.340 e. The Morgan fingerprint density at radius 2 is 2.14 bits per heavy atom. The van der Waals surface area contributed by atoms with E-state index >= 15 is 0 Å². The summed E-state index contributed by atoms with van der Waals surface area (Å²) in [4.78, 5) is 17.8. The average molecular weight is 192 g/mol. The van der Waals surface area contributed by atoms with Crippen LogP contribution in [0.1, 0.15) is 54.8 Å². The Hall–Kier alpha value is -1.12. The van der Waals surface area contributed by atoms with Gasteiger partial charge in [-0.25, -0.2) is 4.98 Å². The molecule has 0 aromatic carbocycles. The molecule has 1 fully saturated rings. The average Bonchev–Trinajstić information content (AvgIpc) is 2.67. The van der Waals surface area contributed by atoms with Crippen molar-refractivity contribution in [3.05, 3.63) is 17.7 Å². The molecular formula is C11H16N2O. The lowest BCUT2D eigenvalue weighted by Crippen LogP contribution is -2.11. The van der Waals surface area contributed by atoms with Gasteiger partial charge in [-0.15, -0.1) is 0 Å². The van der Waals surface area contributed by atoms with Gasteiger partial charge in [0.15, 0.2) is 6.29 Å². The van der Waals surface area contributed by atoms with Gasteiger partial charge in [-0.2, -0.15) is 0 Å². The molecule has 0 atom stereocenters. The standard InChI is InChI=1S/C11H16N2O/c1-8-2-4-9(5-3-8)11-12-6-10(7-14)13-11/h6-9H,2-5H2,1H3,(H,12,13). The molecule has 1 aliphatic carbocycles. The number of aromatic amines is 1. The summed E-state index contributed by atoms with van der Waals surface area (Å²) in [6, 6.07) is 0. The highest BCUT2D eigenvalue weighted by molar-refractivity contribution is 5.71. The number of hydrogen-bond acceptors (Lipinski definition) is 2. The fourth-order valence-corrected chi connectivity index (χ4v) is 2.15. The molecule has 1 heterocycles. The van der Waals surface area contributed by atoms with Crippen molar-refractivity contribution < 1.29 is 4.79 Å². The molecule has 0 unspecified atom stereocenters. The first-order chi connectivity index (χ1) is 6.79. The summed E-state index contributed by atoms with van der Waals surface area (Å²) in [5, 5.41) is 0. The minimum absolute atomic E-state index is 0.542. The van der Waals surface area contributed by atoms with Crippen molar-refractivity contribution >= 4 is 6.29 Å². The van der Waals surface area contributed by atoms with Crippen LogP contribution in [0.2, 0.25) is 0 Å². The number of aromatic nitrogens is 2. The van der Waals surface area contributed by atoms with Gasteiger partial charge in [0.05, 0.1) is 11.9 Å². The Morgan fingerprint density at radius 3 is 2.71 bits per heavy atom. The van der Waals surface area contributed by atoms with Crippen molar-refractivity contribution in [1.29, 1.82) is 0 Å². The molecule has 1 aromatic heterocycles. The lowest BCUT2D eigenvalue weighted by Gasteiger charge is -2.24. The van der Waals surface area contributed by atoms with Crippen molar-refractivity contribution in [3.8, 4) is 0 Å². The zero-order valence-electron chi connectivity index (χ0n) is 8.49. The van der Waals surface area contributed by atoms with E-state index in [1.165, 1.54) is 25.7 Å². The number of rotatable bonds is 2. The van der Waals surface area contributed by atoms with Crippen LogP contribution < -0.4 is 0 Å². The molecule has 76 valence electrons. The highest BCUT2D eigenvalue weighted by Crippen LogP contribution is 2.33. The van der Waals surface area contributed by atoms with Crippen molar-refractivity contribution in [2.24, 2.45) is 5.92 Å². The van der Waals surface area contributed by atoms with Gasteiger partial charge < -0.3 is 4.98 Å². The highest BCUT2D eigenvalue weighted by atomic mass is 16.1. The maximum atomic E-state index is 10.5. The third-order valence-electron chi connectivity index (χ3n) is 3.14. The van der Waals surface area contributed by atoms with Gasteiger partial charge >= 0.3 is 0 Å². The molecule has 1 saturated carbocycles. The lowest BCUT2D eigenvalue weighted by molar-refractivity contribution is 0.111. The number of H-pyrrole nitrogens is 1. The first kappa shape index (κ1) is 9.44. The predicted octanol–water partition coefficient (Wildman–Crippen LogP) is 2.52. The van der Waals surface area contributed by atoms with Gasteiger partial charge in [-0.1, -0.05) is 19.8 Å². The molecule has 2 rings (SSSR count). The summed E-state index contributed by atoms with van der Waals surface area (Å²) in [6.07, 6.45) is 7.41. The van der Waals surface area contributed by atoms with E-state index in [2.05, 4.69) is 16.9 Å². The van der Waals surface area contributed by atoms with E-state index in [9.17, 15) is 4.79 Å². The first-order valence-electron chi connectivity index (χ1n) is 5.29. The van der Waals surface area contributed by atoms with E-state index in [0.29, 0.717) is 11.6 Å². The Bertz CT molecular complexity index is 311. The molecule has 0 spiro atoms. The lowest BCUT2D eigenvalue weighted by atomic mass is 9.83. The minimum atomic E-state index is 0.542. The van der Waals surface area contributed by atoms with Crippen LogP contribution in [0.3, 0.4) is 0 Å². The van der Waals surface area contributed by atoms with Crippen LogP contribution in [0.5, 0.6) is 0 Å². The maximum absolute atomic E-state index is 10.5. The molecule has 0 bridgehead atoms. The summed E-state index contributed by atoms with van der Waals surface area (Å²) >= 11 is 0. The molecule has 0 radical (unpaired) electrons. The number of nitrogens with one attached hydrogen (secondary N) is 1. The van der Waals surface area contributed by atoms with Gasteiger partial charge in [0.25, 0.3) is 0 Å². The van der Waals surface area contributed by atoms with Gasteiger partial charge in [-0.05, 0) is 18.8 Å². The number of aldehydes is 1. The van der Waals surface area contributed by atoms with Gasteiger partial charge in [0.1, 0.15) is 5.82 Å². The normalized spacial score (nSPS) is 27.5. The van der Waals surface area contributed by atoms with E-state index in [1.54, 1.807) is 6.20 Å². The topological polar surface area (TPSA) is 45.8 Å². The minimum Gasteiger partial charge on any atom is -0.340 e. The van der Waals surface area contributed by atoms with E-state index < -0.39 is 0 Å². The number of carbonyl (C=O) groups is 1. The van der Waals surface area contributed by atoms with E-state index in [1.807, 2.05) is 0 Å². The summed E-state index contributed by atoms with van der Waals surface area (Å²) in [5.41, 5.74) is 0.596. The summed E-state index contributed by atoms with van der Waals surface area (Å²) < 4.78 is 0. The zero-order valence-corrected chi connectivity index (χ0v) is 8.49. The number of carbonyl (C=O) groups excluding carboxylic acids is 1. The molecule has 1 N–H and O–H groups in total. The molecular weight excluding hydrogens is 176 g/mol. The fraction of sp³-hybridized carbons (Fsp3) is 0.636. The Balaban J connectivity index is 2.04. The third-order valence-corrected chi connectivity index (χ3v) is 3.14. The maximum Gasteiger partial charge on any atom is 0.167 e. The van der Waals surface area contributed by atoms with Crippen LogP contribution in [0.25, 0.3) is 0 Å². The molecule has 1 aliphatic rings. The van der Waals surface area contributed by atoms with Crippen molar-refractivity contribution in [3.63, 3.8) is 0 Å². The summed E-state index contributed by atoms with van der Waals surface area (Å²) in [5.74, 6) is 2.39. The molecule has 3 nitrogen and oxygen atoms in total. The SMILES string of the molecule is CC1CCC(c2ncc(C=O)[nH]2)CC1. The quantitative estimate of drug-likeness (QED) is 0.732. The summed E-state index contributed by atoms with van der Waals surface area (Å²) in [6.45, 7) is 2.30. The van der Waals surface area contributed by atoms with Crippen LogP contribution in [0.15, 0.2) is 6.20 Å². The Morgan fingerprint density at radius 1 is 1.43 bits per heavy atom. The number of hydrogen-bond donors (Lipinski definition) is 1. The van der Waals surface area contributed by atoms with Gasteiger partial charge in [0, 0.05) is 5.92 Å². The fourth-order valence-electron chi connectivity index (χ4n) is 2.15. The number of nitrogens with zero attached hydrogens (tertiary/aromatic N) is 1. The van der Waals surface area contributed by atoms with Crippen LogP contribution in [0, 0.1) is 5.92 Å². The Kier molecular flexibility index (Phi) is 2.66. The molecule has 3 heteroatoms. The van der Waals surface area contributed by atoms with Crippen LogP contribution in [-0.2, 0) is 0 Å². The first-order valence-corrected chi connectivity index (χ1v) is 5.29. The molecule has 0 amide bonds. The smallest absolute Gasteiger partial charge is 0.167 e. The summed E-state index contributed by atoms with van der Waals surface area (Å²) in [7, 11) is 0. The zero-order chi connectivity index (χ0) is 9.97. The van der Waals surface area contributed by atoms with Gasteiger partial charge in [0.2, 0.25) is 0 Å². The second-order valence-electron chi connectivity index (χ2n) is 4.30. The van der Waals surface area contributed by atoms with Crippen molar-refractivity contribution in [1.82, 2.24) is 9.97 Å². The third kappa shape index (κ3) is 1.86. The van der Waals surface area contributed by atoms with E-state index in [0.717, 1.165) is 18.0 Å². The predicted molar refractivity (Wildman–Crippen MR) is 54.3 cm³/mol. The van der Waals surface area contributed by atoms with Crippen LogP contribution >= 0.6 is 0 Å². The van der Waals surface area contributed by atoms with Crippen LogP contribution in [-0.4, -0.2) is 16.3 Å². The molecule has 0 saturated heterocycles. The molecule has 0 aliphatic heterocycles. The van der Waals surface area contributed by atoms with Crippen LogP contribution in [0.4, 0.5) is 0 Å². The highest BCUT2D eigenvalue weighted by Gasteiger charge is 2.21. The monoisotopic (exact) mass is 192 g/mol. The second-order valence-corrected chi connectivity index (χ2v) is 4.30. The molecule has 1 aromatic rings. The molecule has 14 heavy (non-hydrogen) atoms.